The molecule has 3 N–H and O–H groups in total. The minimum Gasteiger partial charge on any atom is -0.387 e. The molecule has 0 aliphatic carbocycles. The minimum absolute atomic E-state index is 0.0620. The summed E-state index contributed by atoms with van der Waals surface area (Å²) in [6, 6.07) is 6.80. The Morgan fingerprint density at radius 3 is 2.89 bits per heavy atom. The Bertz CT molecular complexity index is 407. The molecule has 0 bridgehead atoms. The summed E-state index contributed by atoms with van der Waals surface area (Å²) >= 11 is 7.46. The molecular weight excluding hydrogens is 272 g/mol. The number of hydrogen-bond acceptors (Lipinski definition) is 4. The predicted molar refractivity (Wildman–Crippen MR) is 73.7 cm³/mol. The zero-order valence-electron chi connectivity index (χ0n) is 9.73. The maximum Gasteiger partial charge on any atom is 0.238 e. The van der Waals surface area contributed by atoms with E-state index in [0.29, 0.717) is 5.02 Å². The third kappa shape index (κ3) is 3.62. The highest BCUT2D eigenvalue weighted by molar-refractivity contribution is 7.99. The van der Waals surface area contributed by atoms with E-state index in [9.17, 15) is 9.90 Å². The molecule has 0 aromatic heterocycles. The average Bonchev–Trinajstić information content (AvgIpc) is 2.90. The van der Waals surface area contributed by atoms with E-state index in [1.807, 2.05) is 0 Å². The lowest BCUT2D eigenvalue weighted by Crippen LogP contribution is -2.43. The first-order chi connectivity index (χ1) is 8.66. The molecule has 1 heterocycles. The molecule has 0 radical (unpaired) electrons. The molecule has 1 aliphatic heterocycles. The highest BCUT2D eigenvalue weighted by Crippen LogP contribution is 2.16. The van der Waals surface area contributed by atoms with Crippen LogP contribution in [0.1, 0.15) is 11.7 Å². The summed E-state index contributed by atoms with van der Waals surface area (Å²) in [5.74, 6) is 1.52. The van der Waals surface area contributed by atoms with E-state index in [1.54, 1.807) is 36.0 Å². The molecule has 1 aliphatic rings. The van der Waals surface area contributed by atoms with Gasteiger partial charge >= 0.3 is 0 Å². The van der Waals surface area contributed by atoms with Crippen molar-refractivity contribution < 1.29 is 9.90 Å². The fraction of sp³-hybridized carbons (Fsp3) is 0.417. The van der Waals surface area contributed by atoms with E-state index in [2.05, 4.69) is 10.6 Å². The SMILES string of the molecule is O=C(NCC(O)c1ccc(Cl)cc1)[C@H]1CSCN1. The summed E-state index contributed by atoms with van der Waals surface area (Å²) in [6.45, 7) is 0.212. The Hall–Kier alpha value is -0.750. The van der Waals surface area contributed by atoms with Gasteiger partial charge in [-0.25, -0.2) is 0 Å². The van der Waals surface area contributed by atoms with E-state index >= 15 is 0 Å². The molecule has 2 rings (SSSR count). The summed E-state index contributed by atoms with van der Waals surface area (Å²) in [5, 5.41) is 16.4. The number of halogens is 1. The van der Waals surface area contributed by atoms with Gasteiger partial charge in [-0.05, 0) is 17.7 Å². The predicted octanol–water partition coefficient (Wildman–Crippen LogP) is 1.15. The van der Waals surface area contributed by atoms with Gasteiger partial charge in [0.2, 0.25) is 5.91 Å². The van der Waals surface area contributed by atoms with E-state index < -0.39 is 6.10 Å². The van der Waals surface area contributed by atoms with Crippen molar-refractivity contribution in [3.05, 3.63) is 34.9 Å². The number of aliphatic hydroxyl groups is 1. The van der Waals surface area contributed by atoms with Gasteiger partial charge in [0.05, 0.1) is 12.1 Å². The van der Waals surface area contributed by atoms with Crippen LogP contribution in [-0.2, 0) is 4.79 Å². The van der Waals surface area contributed by atoms with Crippen LogP contribution in [0.4, 0.5) is 0 Å². The third-order valence-corrected chi connectivity index (χ3v) is 3.95. The van der Waals surface area contributed by atoms with Crippen LogP contribution in [0.25, 0.3) is 0 Å². The molecule has 1 amide bonds. The van der Waals surface area contributed by atoms with Crippen LogP contribution in [0.3, 0.4) is 0 Å². The first-order valence-electron chi connectivity index (χ1n) is 5.69. The van der Waals surface area contributed by atoms with Crippen molar-refractivity contribution in [1.29, 1.82) is 0 Å². The number of carbonyl (C=O) groups excluding carboxylic acids is 1. The van der Waals surface area contributed by atoms with E-state index in [-0.39, 0.29) is 18.5 Å². The number of thioether (sulfide) groups is 1. The van der Waals surface area contributed by atoms with Crippen molar-refractivity contribution in [3.63, 3.8) is 0 Å². The summed E-state index contributed by atoms with van der Waals surface area (Å²) in [4.78, 5) is 11.7. The van der Waals surface area contributed by atoms with Gasteiger partial charge in [0, 0.05) is 23.2 Å². The van der Waals surface area contributed by atoms with Gasteiger partial charge in [0.25, 0.3) is 0 Å². The fourth-order valence-electron chi connectivity index (χ4n) is 1.69. The van der Waals surface area contributed by atoms with Crippen molar-refractivity contribution in [2.75, 3.05) is 18.2 Å². The van der Waals surface area contributed by atoms with Crippen LogP contribution < -0.4 is 10.6 Å². The molecule has 1 aromatic carbocycles. The van der Waals surface area contributed by atoms with Crippen molar-refractivity contribution in [2.24, 2.45) is 0 Å². The first kappa shape index (κ1) is 13.7. The molecule has 2 atom stereocenters. The first-order valence-corrected chi connectivity index (χ1v) is 7.22. The van der Waals surface area contributed by atoms with Crippen molar-refractivity contribution >= 4 is 29.3 Å². The van der Waals surface area contributed by atoms with Crippen LogP contribution in [0, 0.1) is 0 Å². The molecule has 6 heteroatoms. The molecule has 18 heavy (non-hydrogen) atoms. The van der Waals surface area contributed by atoms with Crippen LogP contribution in [0.2, 0.25) is 5.02 Å². The average molecular weight is 287 g/mol. The highest BCUT2D eigenvalue weighted by atomic mass is 35.5. The number of hydrogen-bond donors (Lipinski definition) is 3. The Morgan fingerprint density at radius 1 is 1.56 bits per heavy atom. The Morgan fingerprint density at radius 2 is 2.28 bits per heavy atom. The zero-order valence-corrected chi connectivity index (χ0v) is 11.3. The Kier molecular flexibility index (Phi) is 4.88. The molecule has 98 valence electrons. The largest absolute Gasteiger partial charge is 0.387 e. The molecule has 0 spiro atoms. The van der Waals surface area contributed by atoms with E-state index in [1.165, 1.54) is 0 Å². The highest BCUT2D eigenvalue weighted by Gasteiger charge is 2.22. The van der Waals surface area contributed by atoms with Crippen LogP contribution in [0.15, 0.2) is 24.3 Å². The molecule has 1 unspecified atom stereocenters. The van der Waals surface area contributed by atoms with Gasteiger partial charge in [0.1, 0.15) is 0 Å². The molecule has 0 saturated carbocycles. The lowest BCUT2D eigenvalue weighted by Gasteiger charge is -2.14. The van der Waals surface area contributed by atoms with E-state index in [4.69, 9.17) is 11.6 Å². The van der Waals surface area contributed by atoms with Gasteiger partial charge in [-0.1, -0.05) is 23.7 Å². The lowest BCUT2D eigenvalue weighted by atomic mass is 10.1. The summed E-state index contributed by atoms with van der Waals surface area (Å²) in [5.41, 5.74) is 0.744. The zero-order chi connectivity index (χ0) is 13.0. The molecule has 1 aromatic rings. The molecule has 1 saturated heterocycles. The molecule has 1 fully saturated rings. The maximum absolute atomic E-state index is 11.7. The molecular formula is C12H15ClN2O2S. The van der Waals surface area contributed by atoms with Crippen molar-refractivity contribution in [1.82, 2.24) is 10.6 Å². The fourth-order valence-corrected chi connectivity index (χ4v) is 2.75. The quantitative estimate of drug-likeness (QED) is 0.777. The van der Waals surface area contributed by atoms with Crippen LogP contribution in [0.5, 0.6) is 0 Å². The summed E-state index contributed by atoms with van der Waals surface area (Å²) < 4.78 is 0. The minimum atomic E-state index is -0.708. The number of carbonyl (C=O) groups is 1. The monoisotopic (exact) mass is 286 g/mol. The summed E-state index contributed by atoms with van der Waals surface area (Å²) in [7, 11) is 0. The lowest BCUT2D eigenvalue weighted by molar-refractivity contribution is -0.122. The Balaban J connectivity index is 1.82. The van der Waals surface area contributed by atoms with Gasteiger partial charge in [-0.3, -0.25) is 10.1 Å². The second-order valence-corrected chi connectivity index (χ2v) is 5.55. The number of amides is 1. The van der Waals surface area contributed by atoms with Crippen molar-refractivity contribution in [3.8, 4) is 0 Å². The third-order valence-electron chi connectivity index (χ3n) is 2.76. The van der Waals surface area contributed by atoms with Crippen molar-refractivity contribution in [2.45, 2.75) is 12.1 Å². The number of nitrogens with one attached hydrogen (secondary N) is 2. The summed E-state index contributed by atoms with van der Waals surface area (Å²) in [6.07, 6.45) is -0.708. The second-order valence-electron chi connectivity index (χ2n) is 4.08. The topological polar surface area (TPSA) is 61.4 Å². The van der Waals surface area contributed by atoms with Gasteiger partial charge < -0.3 is 10.4 Å². The van der Waals surface area contributed by atoms with Crippen LogP contribution >= 0.6 is 23.4 Å². The number of benzene rings is 1. The smallest absolute Gasteiger partial charge is 0.238 e. The molecule has 4 nitrogen and oxygen atoms in total. The normalized spacial score (nSPS) is 20.7. The van der Waals surface area contributed by atoms with Gasteiger partial charge in [0.15, 0.2) is 0 Å². The maximum atomic E-state index is 11.7. The van der Waals surface area contributed by atoms with Gasteiger partial charge in [-0.2, -0.15) is 0 Å². The second kappa shape index (κ2) is 6.43. The van der Waals surface area contributed by atoms with Gasteiger partial charge in [-0.15, -0.1) is 11.8 Å². The number of rotatable bonds is 4. The van der Waals surface area contributed by atoms with E-state index in [0.717, 1.165) is 17.2 Å². The number of aliphatic hydroxyl groups excluding tert-OH is 1. The van der Waals surface area contributed by atoms with Crippen LogP contribution in [-0.4, -0.2) is 35.2 Å². The standard InChI is InChI=1S/C12H15ClN2O2S/c13-9-3-1-8(2-4-9)11(16)5-14-12(17)10-6-18-7-15-10/h1-4,10-11,15-16H,5-7H2,(H,14,17)/t10-,11?/m1/s1. The Labute approximate surface area is 115 Å².